The van der Waals surface area contributed by atoms with Crippen molar-refractivity contribution >= 4 is 6.21 Å². The second-order valence-corrected chi connectivity index (χ2v) is 6.87. The number of nitrogens with zero attached hydrogens (tertiary/aromatic N) is 4. The highest BCUT2D eigenvalue weighted by Gasteiger charge is 2.18. The molecule has 0 spiro atoms. The van der Waals surface area contributed by atoms with Crippen molar-refractivity contribution in [2.45, 2.75) is 13.8 Å². The highest BCUT2D eigenvalue weighted by atomic mass is 16.5. The van der Waals surface area contributed by atoms with E-state index in [4.69, 9.17) is 19.3 Å². The summed E-state index contributed by atoms with van der Waals surface area (Å²) < 4.78 is 19.0. The monoisotopic (exact) mass is 406 g/mol. The van der Waals surface area contributed by atoms with Crippen molar-refractivity contribution in [3.8, 4) is 23.1 Å². The summed E-state index contributed by atoms with van der Waals surface area (Å²) >= 11 is 0. The van der Waals surface area contributed by atoms with Gasteiger partial charge in [0.15, 0.2) is 0 Å². The molecule has 0 unspecified atom stereocenters. The number of morpholine rings is 1. The molecule has 2 aromatic carbocycles. The molecule has 156 valence electrons. The average molecular weight is 406 g/mol. The van der Waals surface area contributed by atoms with Gasteiger partial charge in [0.1, 0.15) is 11.5 Å². The van der Waals surface area contributed by atoms with E-state index in [1.54, 1.807) is 0 Å². The third-order valence-electron chi connectivity index (χ3n) is 4.75. The van der Waals surface area contributed by atoms with Crippen molar-refractivity contribution in [2.75, 3.05) is 32.9 Å². The second kappa shape index (κ2) is 9.45. The Kier molecular flexibility index (Phi) is 6.29. The van der Waals surface area contributed by atoms with Crippen LogP contribution in [0, 0.1) is 6.92 Å². The number of hydrogen-bond acceptors (Lipinski definition) is 6. The fourth-order valence-electron chi connectivity index (χ4n) is 3.20. The number of aryl methyl sites for hydroxylation is 1. The minimum atomic E-state index is 0.625. The Morgan fingerprint density at radius 3 is 2.43 bits per heavy atom. The van der Waals surface area contributed by atoms with Crippen LogP contribution in [-0.4, -0.2) is 53.9 Å². The fourth-order valence-corrected chi connectivity index (χ4v) is 3.20. The molecule has 1 saturated heterocycles. The zero-order valence-corrected chi connectivity index (χ0v) is 17.3. The van der Waals surface area contributed by atoms with Gasteiger partial charge in [-0.3, -0.25) is 5.01 Å². The van der Waals surface area contributed by atoms with Crippen molar-refractivity contribution in [3.63, 3.8) is 0 Å². The van der Waals surface area contributed by atoms with Gasteiger partial charge in [-0.1, -0.05) is 18.2 Å². The molecule has 4 rings (SSSR count). The SMILES string of the molecule is CCOc1ccc(Oc2c(C=NN3CCOCC3)c(C)nn2-c2ccccc2)cc1. The van der Waals surface area contributed by atoms with Gasteiger partial charge >= 0.3 is 0 Å². The maximum atomic E-state index is 6.30. The molecule has 0 amide bonds. The Morgan fingerprint density at radius 2 is 1.73 bits per heavy atom. The van der Waals surface area contributed by atoms with E-state index in [0.29, 0.717) is 31.5 Å². The van der Waals surface area contributed by atoms with Gasteiger partial charge in [0.25, 0.3) is 0 Å². The summed E-state index contributed by atoms with van der Waals surface area (Å²) in [7, 11) is 0. The van der Waals surface area contributed by atoms with Crippen LogP contribution in [0.4, 0.5) is 0 Å². The lowest BCUT2D eigenvalue weighted by Crippen LogP contribution is -2.32. The number of hydrogen-bond donors (Lipinski definition) is 0. The Bertz CT molecular complexity index is 978. The summed E-state index contributed by atoms with van der Waals surface area (Å²) in [5.41, 5.74) is 2.61. The summed E-state index contributed by atoms with van der Waals surface area (Å²) in [6.07, 6.45) is 1.83. The van der Waals surface area contributed by atoms with Gasteiger partial charge in [-0.2, -0.15) is 14.9 Å². The molecule has 7 nitrogen and oxygen atoms in total. The number of ether oxygens (including phenoxy) is 3. The van der Waals surface area contributed by atoms with E-state index in [2.05, 4.69) is 5.10 Å². The Hall–Kier alpha value is -3.32. The zero-order valence-electron chi connectivity index (χ0n) is 17.3. The zero-order chi connectivity index (χ0) is 20.8. The first kappa shape index (κ1) is 20.0. The van der Waals surface area contributed by atoms with Crippen molar-refractivity contribution < 1.29 is 14.2 Å². The minimum absolute atomic E-state index is 0.625. The highest BCUT2D eigenvalue weighted by molar-refractivity contribution is 5.84. The number of para-hydroxylation sites is 1. The summed E-state index contributed by atoms with van der Waals surface area (Å²) in [6, 6.07) is 17.5. The molecule has 0 N–H and O–H groups in total. The molecule has 0 atom stereocenters. The Morgan fingerprint density at radius 1 is 1.03 bits per heavy atom. The molecule has 2 heterocycles. The van der Waals surface area contributed by atoms with E-state index in [1.807, 2.05) is 84.4 Å². The van der Waals surface area contributed by atoms with Crippen LogP contribution in [0.5, 0.6) is 17.4 Å². The average Bonchev–Trinajstić information content (AvgIpc) is 3.10. The topological polar surface area (TPSA) is 61.1 Å². The van der Waals surface area contributed by atoms with E-state index in [1.165, 1.54) is 0 Å². The molecule has 1 aliphatic heterocycles. The van der Waals surface area contributed by atoms with Gasteiger partial charge < -0.3 is 14.2 Å². The first-order chi connectivity index (χ1) is 14.7. The number of rotatable bonds is 7. The number of aromatic nitrogens is 2. The predicted molar refractivity (Wildman–Crippen MR) is 116 cm³/mol. The van der Waals surface area contributed by atoms with Crippen molar-refractivity contribution in [2.24, 2.45) is 5.10 Å². The van der Waals surface area contributed by atoms with E-state index in [-0.39, 0.29) is 0 Å². The van der Waals surface area contributed by atoms with Gasteiger partial charge in [0.05, 0.1) is 56.1 Å². The van der Waals surface area contributed by atoms with Crippen molar-refractivity contribution in [3.05, 3.63) is 65.9 Å². The molecule has 30 heavy (non-hydrogen) atoms. The maximum Gasteiger partial charge on any atom is 0.231 e. The smallest absolute Gasteiger partial charge is 0.231 e. The lowest BCUT2D eigenvalue weighted by Gasteiger charge is -2.23. The Balaban J connectivity index is 1.68. The maximum absolute atomic E-state index is 6.30. The van der Waals surface area contributed by atoms with Crippen LogP contribution < -0.4 is 9.47 Å². The van der Waals surface area contributed by atoms with Crippen LogP contribution in [0.1, 0.15) is 18.2 Å². The van der Waals surface area contributed by atoms with Crippen molar-refractivity contribution in [1.82, 2.24) is 14.8 Å². The van der Waals surface area contributed by atoms with Crippen LogP contribution in [0.2, 0.25) is 0 Å². The largest absolute Gasteiger partial charge is 0.494 e. The molecule has 3 aromatic rings. The number of benzene rings is 2. The molecule has 0 bridgehead atoms. The van der Waals surface area contributed by atoms with Gasteiger partial charge in [-0.05, 0) is 50.2 Å². The second-order valence-electron chi connectivity index (χ2n) is 6.87. The number of hydrazone groups is 1. The predicted octanol–water partition coefficient (Wildman–Crippen LogP) is 4.04. The Labute approximate surface area is 176 Å². The molecule has 1 aliphatic rings. The molecule has 0 aliphatic carbocycles. The van der Waals surface area contributed by atoms with Crippen molar-refractivity contribution in [1.29, 1.82) is 0 Å². The van der Waals surface area contributed by atoms with Crippen LogP contribution in [0.15, 0.2) is 59.7 Å². The van der Waals surface area contributed by atoms with E-state index in [9.17, 15) is 0 Å². The quantitative estimate of drug-likeness (QED) is 0.554. The van der Waals surface area contributed by atoms with E-state index < -0.39 is 0 Å². The minimum Gasteiger partial charge on any atom is -0.494 e. The summed E-state index contributed by atoms with van der Waals surface area (Å²) in [6.45, 7) is 7.48. The van der Waals surface area contributed by atoms with Crippen LogP contribution in [0.25, 0.3) is 5.69 Å². The molecular weight excluding hydrogens is 380 g/mol. The normalized spacial score (nSPS) is 14.3. The summed E-state index contributed by atoms with van der Waals surface area (Å²) in [5.74, 6) is 2.14. The lowest BCUT2D eigenvalue weighted by molar-refractivity contribution is 0.0397. The first-order valence-electron chi connectivity index (χ1n) is 10.2. The van der Waals surface area contributed by atoms with Crippen LogP contribution in [-0.2, 0) is 4.74 Å². The fraction of sp³-hybridized carbons (Fsp3) is 0.304. The summed E-state index contributed by atoms with van der Waals surface area (Å²) in [4.78, 5) is 0. The van der Waals surface area contributed by atoms with Gasteiger partial charge in [0.2, 0.25) is 5.88 Å². The third kappa shape index (κ3) is 4.63. The van der Waals surface area contributed by atoms with Gasteiger partial charge in [-0.25, -0.2) is 0 Å². The standard InChI is InChI=1S/C23H26N4O3/c1-3-29-20-9-11-21(12-10-20)30-23-22(17-24-26-13-15-28-16-14-26)18(2)25-27(23)19-7-5-4-6-8-19/h4-12,17H,3,13-16H2,1-2H3. The molecule has 7 heteroatoms. The molecule has 0 saturated carbocycles. The van der Waals surface area contributed by atoms with Gasteiger partial charge in [-0.15, -0.1) is 0 Å². The summed E-state index contributed by atoms with van der Waals surface area (Å²) in [5, 5.41) is 11.4. The van der Waals surface area contributed by atoms with Crippen LogP contribution in [0.3, 0.4) is 0 Å². The first-order valence-corrected chi connectivity index (χ1v) is 10.2. The molecule has 0 radical (unpaired) electrons. The van der Waals surface area contributed by atoms with Crippen LogP contribution >= 0.6 is 0 Å². The molecule has 1 fully saturated rings. The molecule has 1 aromatic heterocycles. The van der Waals surface area contributed by atoms with E-state index >= 15 is 0 Å². The van der Waals surface area contributed by atoms with Gasteiger partial charge in [0, 0.05) is 0 Å². The molecular formula is C23H26N4O3. The third-order valence-corrected chi connectivity index (χ3v) is 4.75. The van der Waals surface area contributed by atoms with E-state index in [0.717, 1.165) is 35.8 Å². The lowest BCUT2D eigenvalue weighted by atomic mass is 10.2. The highest BCUT2D eigenvalue weighted by Crippen LogP contribution is 2.30.